The summed E-state index contributed by atoms with van der Waals surface area (Å²) in [6.45, 7) is 1.36. The van der Waals surface area contributed by atoms with Gasteiger partial charge in [-0.25, -0.2) is 8.42 Å². The number of hydrogen-bond donors (Lipinski definition) is 2. The normalized spacial score (nSPS) is 13.6. The highest BCUT2D eigenvalue weighted by molar-refractivity contribution is 7.92. The molecule has 2 N–H and O–H groups in total. The Bertz CT molecular complexity index is 939. The van der Waals surface area contributed by atoms with Gasteiger partial charge in [0.15, 0.2) is 0 Å². The summed E-state index contributed by atoms with van der Waals surface area (Å²) in [6.07, 6.45) is 4.02. The second kappa shape index (κ2) is 7.37. The van der Waals surface area contributed by atoms with E-state index in [1.807, 2.05) is 6.07 Å². The van der Waals surface area contributed by atoms with Gasteiger partial charge in [0.05, 0.1) is 23.4 Å². The molecule has 0 aromatic heterocycles. The fraction of sp³-hybridized carbons (Fsp3) is 0.316. The largest absolute Gasteiger partial charge is 0.495 e. The molecule has 1 aliphatic carbocycles. The van der Waals surface area contributed by atoms with Crippen molar-refractivity contribution < 1.29 is 17.9 Å². The van der Waals surface area contributed by atoms with E-state index in [1.54, 1.807) is 6.07 Å². The van der Waals surface area contributed by atoms with Crippen molar-refractivity contribution in [2.24, 2.45) is 0 Å². The van der Waals surface area contributed by atoms with Crippen LogP contribution < -0.4 is 14.8 Å². The molecule has 138 valence electrons. The van der Waals surface area contributed by atoms with Crippen molar-refractivity contribution in [3.8, 4) is 5.75 Å². The average Bonchev–Trinajstić information content (AvgIpc) is 2.61. The maximum atomic E-state index is 12.9. The molecule has 2 aromatic rings. The predicted octanol–water partition coefficient (Wildman–Crippen LogP) is 3.33. The molecule has 0 spiro atoms. The number of nitrogens with one attached hydrogen (secondary N) is 2. The third-order valence-corrected chi connectivity index (χ3v) is 5.80. The Morgan fingerprint density at radius 1 is 1.08 bits per heavy atom. The van der Waals surface area contributed by atoms with Gasteiger partial charge < -0.3 is 10.1 Å². The maximum Gasteiger partial charge on any atom is 0.261 e. The summed E-state index contributed by atoms with van der Waals surface area (Å²) in [5.74, 6) is 0.0965. The second-order valence-electron chi connectivity index (χ2n) is 6.30. The number of hydrogen-bond acceptors (Lipinski definition) is 4. The van der Waals surface area contributed by atoms with Gasteiger partial charge in [-0.05, 0) is 61.1 Å². The molecule has 1 amide bonds. The van der Waals surface area contributed by atoms with Crippen molar-refractivity contribution in [3.63, 3.8) is 0 Å². The van der Waals surface area contributed by atoms with Crippen LogP contribution >= 0.6 is 0 Å². The van der Waals surface area contributed by atoms with Gasteiger partial charge in [-0.15, -0.1) is 0 Å². The van der Waals surface area contributed by atoms with E-state index in [-0.39, 0.29) is 10.8 Å². The van der Waals surface area contributed by atoms with Crippen molar-refractivity contribution in [1.82, 2.24) is 0 Å². The van der Waals surface area contributed by atoms with E-state index in [4.69, 9.17) is 4.74 Å². The minimum Gasteiger partial charge on any atom is -0.495 e. The van der Waals surface area contributed by atoms with Gasteiger partial charge in [0.25, 0.3) is 10.0 Å². The van der Waals surface area contributed by atoms with E-state index in [1.165, 1.54) is 37.8 Å². The SMILES string of the molecule is COc1ccc(S(=O)(=O)Nc2cccc3c2CCCC3)cc1NC(C)=O. The smallest absolute Gasteiger partial charge is 0.261 e. The molecule has 26 heavy (non-hydrogen) atoms. The molecule has 0 saturated heterocycles. The number of carbonyl (C=O) groups excluding carboxylic acids is 1. The lowest BCUT2D eigenvalue weighted by Crippen LogP contribution is -2.17. The van der Waals surface area contributed by atoms with E-state index in [0.717, 1.165) is 31.2 Å². The fourth-order valence-corrected chi connectivity index (χ4v) is 4.34. The number of anilines is 2. The monoisotopic (exact) mass is 374 g/mol. The third kappa shape index (κ3) is 3.83. The van der Waals surface area contributed by atoms with Crippen LogP contribution in [-0.2, 0) is 27.7 Å². The number of ether oxygens (including phenoxy) is 1. The van der Waals surface area contributed by atoms with Crippen LogP contribution in [0.2, 0.25) is 0 Å². The lowest BCUT2D eigenvalue weighted by molar-refractivity contribution is -0.114. The Morgan fingerprint density at radius 3 is 2.58 bits per heavy atom. The number of carbonyl (C=O) groups is 1. The van der Waals surface area contributed by atoms with E-state index < -0.39 is 10.0 Å². The third-order valence-electron chi connectivity index (χ3n) is 4.43. The summed E-state index contributed by atoms with van der Waals surface area (Å²) in [7, 11) is -2.33. The predicted molar refractivity (Wildman–Crippen MR) is 101 cm³/mol. The first-order valence-electron chi connectivity index (χ1n) is 8.50. The Morgan fingerprint density at radius 2 is 1.85 bits per heavy atom. The van der Waals surface area contributed by atoms with Crippen LogP contribution in [0.15, 0.2) is 41.3 Å². The van der Waals surface area contributed by atoms with Crippen molar-refractivity contribution >= 4 is 27.3 Å². The minimum absolute atomic E-state index is 0.0652. The van der Waals surface area contributed by atoms with Crippen molar-refractivity contribution in [3.05, 3.63) is 47.5 Å². The first-order chi connectivity index (χ1) is 12.4. The van der Waals surface area contributed by atoms with Crippen LogP contribution in [0.3, 0.4) is 0 Å². The summed E-state index contributed by atoms with van der Waals surface area (Å²) in [5, 5.41) is 2.59. The van der Waals surface area contributed by atoms with E-state index >= 15 is 0 Å². The Kier molecular flexibility index (Phi) is 5.18. The molecule has 6 nitrogen and oxygen atoms in total. The van der Waals surface area contributed by atoms with Crippen molar-refractivity contribution in [2.45, 2.75) is 37.5 Å². The van der Waals surface area contributed by atoms with Gasteiger partial charge in [-0.2, -0.15) is 0 Å². The van der Waals surface area contributed by atoms with E-state index in [9.17, 15) is 13.2 Å². The van der Waals surface area contributed by atoms with Crippen molar-refractivity contribution in [1.29, 1.82) is 0 Å². The first-order valence-corrected chi connectivity index (χ1v) is 9.98. The van der Waals surface area contributed by atoms with Gasteiger partial charge in [0.2, 0.25) is 5.91 Å². The summed E-state index contributed by atoms with van der Waals surface area (Å²) in [6, 6.07) is 10.1. The van der Waals surface area contributed by atoms with Crippen LogP contribution in [-0.4, -0.2) is 21.4 Å². The topological polar surface area (TPSA) is 84.5 Å². The zero-order chi connectivity index (χ0) is 18.7. The van der Waals surface area contributed by atoms with Gasteiger partial charge in [-0.3, -0.25) is 9.52 Å². The quantitative estimate of drug-likeness (QED) is 0.841. The molecule has 1 aliphatic rings. The molecular formula is C19H22N2O4S. The van der Waals surface area contributed by atoms with Crippen molar-refractivity contribution in [2.75, 3.05) is 17.1 Å². The minimum atomic E-state index is -3.79. The number of sulfonamides is 1. The number of amides is 1. The second-order valence-corrected chi connectivity index (χ2v) is 7.98. The summed E-state index contributed by atoms with van der Waals surface area (Å²) < 4.78 is 33.6. The lowest BCUT2D eigenvalue weighted by atomic mass is 9.91. The van der Waals surface area contributed by atoms with Gasteiger partial charge >= 0.3 is 0 Å². The molecule has 0 heterocycles. The average molecular weight is 374 g/mol. The number of rotatable bonds is 5. The molecular weight excluding hydrogens is 352 g/mol. The van der Waals surface area contributed by atoms with E-state index in [2.05, 4.69) is 16.1 Å². The molecule has 0 atom stereocenters. The van der Waals surface area contributed by atoms with Crippen LogP contribution in [0.4, 0.5) is 11.4 Å². The molecule has 0 fully saturated rings. The molecule has 3 rings (SSSR count). The maximum absolute atomic E-state index is 12.9. The zero-order valence-corrected chi connectivity index (χ0v) is 15.7. The van der Waals surface area contributed by atoms with Crippen LogP contribution in [0.5, 0.6) is 5.75 Å². The Balaban J connectivity index is 1.95. The first kappa shape index (κ1) is 18.3. The molecule has 0 aliphatic heterocycles. The molecule has 0 saturated carbocycles. The van der Waals surface area contributed by atoms with Gasteiger partial charge in [-0.1, -0.05) is 12.1 Å². The molecule has 0 bridgehead atoms. The number of methoxy groups -OCH3 is 1. The number of aryl methyl sites for hydroxylation is 1. The molecule has 2 aromatic carbocycles. The van der Waals surface area contributed by atoms with Crippen LogP contribution in [0, 0.1) is 0 Å². The lowest BCUT2D eigenvalue weighted by Gasteiger charge is -2.20. The highest BCUT2D eigenvalue weighted by Gasteiger charge is 2.20. The Labute approximate surface area is 153 Å². The summed E-state index contributed by atoms with van der Waals surface area (Å²) in [4.78, 5) is 11.4. The number of benzene rings is 2. The summed E-state index contributed by atoms with van der Waals surface area (Å²) in [5.41, 5.74) is 3.21. The Hall–Kier alpha value is -2.54. The zero-order valence-electron chi connectivity index (χ0n) is 14.8. The van der Waals surface area contributed by atoms with Gasteiger partial charge in [0, 0.05) is 6.92 Å². The van der Waals surface area contributed by atoms with E-state index in [0.29, 0.717) is 17.1 Å². The van der Waals surface area contributed by atoms with Crippen LogP contribution in [0.1, 0.15) is 30.9 Å². The molecule has 0 unspecified atom stereocenters. The highest BCUT2D eigenvalue weighted by atomic mass is 32.2. The fourth-order valence-electron chi connectivity index (χ4n) is 3.22. The summed E-state index contributed by atoms with van der Waals surface area (Å²) >= 11 is 0. The number of fused-ring (bicyclic) bond motifs is 1. The van der Waals surface area contributed by atoms with Crippen LogP contribution in [0.25, 0.3) is 0 Å². The standard InChI is InChI=1S/C19H22N2O4S/c1-13(22)20-18-12-15(10-11-19(18)25-2)26(23,24)21-17-9-5-7-14-6-3-4-8-16(14)17/h5,7,9-12,21H,3-4,6,8H2,1-2H3,(H,20,22). The highest BCUT2D eigenvalue weighted by Crippen LogP contribution is 2.31. The molecule has 0 radical (unpaired) electrons. The van der Waals surface area contributed by atoms with Gasteiger partial charge in [0.1, 0.15) is 5.75 Å². The molecule has 7 heteroatoms.